The zero-order chi connectivity index (χ0) is 16.5. The van der Waals surface area contributed by atoms with Crippen molar-refractivity contribution in [2.45, 2.75) is 37.9 Å². The number of likely N-dealkylation sites (tertiary alicyclic amines) is 2. The van der Waals surface area contributed by atoms with Crippen LogP contribution in [0.2, 0.25) is 0 Å². The number of nitrogens with zero attached hydrogens (tertiary/aromatic N) is 4. The summed E-state index contributed by atoms with van der Waals surface area (Å²) in [5, 5.41) is 6.39. The van der Waals surface area contributed by atoms with Gasteiger partial charge in [-0.3, -0.25) is 14.4 Å². The number of piperidine rings is 1. The zero-order valence-corrected chi connectivity index (χ0v) is 14.9. The molecular formula is C18H24N4OS. The third kappa shape index (κ3) is 3.13. The molecule has 2 fully saturated rings. The molecule has 3 atom stereocenters. The molecule has 5 nitrogen and oxygen atoms in total. The number of amides is 1. The molecule has 2 saturated heterocycles. The Bertz CT molecular complexity index is 669. The van der Waals surface area contributed by atoms with Crippen LogP contribution < -0.4 is 0 Å². The van der Waals surface area contributed by atoms with Crippen LogP contribution in [0.1, 0.15) is 17.7 Å². The Morgan fingerprint density at radius 2 is 2.33 bits per heavy atom. The van der Waals surface area contributed by atoms with Gasteiger partial charge < -0.3 is 4.90 Å². The third-order valence-electron chi connectivity index (χ3n) is 5.58. The molecule has 0 spiro atoms. The van der Waals surface area contributed by atoms with Crippen LogP contribution in [0.25, 0.3) is 0 Å². The van der Waals surface area contributed by atoms with Crippen molar-refractivity contribution < 1.29 is 4.79 Å². The van der Waals surface area contributed by atoms with Crippen molar-refractivity contribution in [1.82, 2.24) is 19.6 Å². The summed E-state index contributed by atoms with van der Waals surface area (Å²) in [6.45, 7) is 2.75. The summed E-state index contributed by atoms with van der Waals surface area (Å²) in [7, 11) is 2.24. The number of thiophene rings is 1. The normalized spacial score (nSPS) is 27.4. The SMILES string of the molecule is CN1[C@@H](Cn2cccn2)C[C@H]2CN(C(=O)Cc3cccs3)CC[C@H]21. The molecule has 1 amide bonds. The third-order valence-corrected chi connectivity index (χ3v) is 6.46. The number of likely N-dealkylation sites (N-methyl/N-ethyl adjacent to an activating group) is 1. The summed E-state index contributed by atoms with van der Waals surface area (Å²) < 4.78 is 2.03. The highest BCUT2D eigenvalue weighted by atomic mass is 32.1. The van der Waals surface area contributed by atoms with Gasteiger partial charge in [-0.15, -0.1) is 11.3 Å². The van der Waals surface area contributed by atoms with Gasteiger partial charge in [0.2, 0.25) is 5.91 Å². The molecule has 0 saturated carbocycles. The minimum Gasteiger partial charge on any atom is -0.342 e. The van der Waals surface area contributed by atoms with Gasteiger partial charge in [0, 0.05) is 42.4 Å². The zero-order valence-electron chi connectivity index (χ0n) is 14.0. The molecule has 4 rings (SSSR count). The summed E-state index contributed by atoms with van der Waals surface area (Å²) in [5.74, 6) is 0.880. The molecule has 0 bridgehead atoms. The summed E-state index contributed by atoms with van der Waals surface area (Å²) >= 11 is 1.67. The van der Waals surface area contributed by atoms with E-state index in [4.69, 9.17) is 0 Å². The second-order valence-electron chi connectivity index (χ2n) is 7.00. The van der Waals surface area contributed by atoms with Gasteiger partial charge in [0.05, 0.1) is 13.0 Å². The summed E-state index contributed by atoms with van der Waals surface area (Å²) in [4.78, 5) is 18.4. The van der Waals surface area contributed by atoms with Crippen molar-refractivity contribution >= 4 is 17.2 Å². The lowest BCUT2D eigenvalue weighted by atomic mass is 9.92. The molecule has 4 heterocycles. The van der Waals surface area contributed by atoms with E-state index in [1.165, 1.54) is 4.88 Å². The molecular weight excluding hydrogens is 320 g/mol. The predicted molar refractivity (Wildman–Crippen MR) is 94.9 cm³/mol. The van der Waals surface area contributed by atoms with E-state index in [9.17, 15) is 4.79 Å². The number of carbonyl (C=O) groups excluding carboxylic acids is 1. The Balaban J connectivity index is 1.37. The highest BCUT2D eigenvalue weighted by Crippen LogP contribution is 2.35. The van der Waals surface area contributed by atoms with Crippen molar-refractivity contribution in [2.24, 2.45) is 5.92 Å². The van der Waals surface area contributed by atoms with Crippen LogP contribution in [-0.4, -0.2) is 57.7 Å². The summed E-state index contributed by atoms with van der Waals surface area (Å²) in [6.07, 6.45) is 6.68. The number of rotatable bonds is 4. The van der Waals surface area contributed by atoms with Gasteiger partial charge in [0.15, 0.2) is 0 Å². The van der Waals surface area contributed by atoms with Crippen molar-refractivity contribution in [3.8, 4) is 0 Å². The van der Waals surface area contributed by atoms with E-state index in [0.717, 1.165) is 32.5 Å². The first-order valence-corrected chi connectivity index (χ1v) is 9.58. The second-order valence-corrected chi connectivity index (χ2v) is 8.03. The number of aromatic nitrogens is 2. The van der Waals surface area contributed by atoms with Gasteiger partial charge in [0.1, 0.15) is 0 Å². The molecule has 0 N–H and O–H groups in total. The summed E-state index contributed by atoms with van der Waals surface area (Å²) in [5.41, 5.74) is 0. The highest BCUT2D eigenvalue weighted by molar-refractivity contribution is 7.10. The Labute approximate surface area is 146 Å². The number of fused-ring (bicyclic) bond motifs is 1. The highest BCUT2D eigenvalue weighted by Gasteiger charge is 2.42. The Kier molecular flexibility index (Phi) is 4.41. The van der Waals surface area contributed by atoms with Crippen LogP contribution in [0.15, 0.2) is 36.0 Å². The van der Waals surface area contributed by atoms with Gasteiger partial charge in [-0.25, -0.2) is 0 Å². The standard InChI is InChI=1S/C18H24N4OS/c1-20-15(13-22-7-3-6-19-22)10-14-12-21(8-5-17(14)20)18(23)11-16-4-2-9-24-16/h2-4,6-7,9,14-15,17H,5,8,10-13H2,1H3/t14-,15+,17+/m0/s1. The predicted octanol–water partition coefficient (Wildman–Crippen LogP) is 2.11. The molecule has 0 aliphatic carbocycles. The van der Waals surface area contributed by atoms with E-state index >= 15 is 0 Å². The number of hydrogen-bond donors (Lipinski definition) is 0. The molecule has 6 heteroatoms. The lowest BCUT2D eigenvalue weighted by molar-refractivity contribution is -0.132. The van der Waals surface area contributed by atoms with Crippen molar-refractivity contribution in [3.63, 3.8) is 0 Å². The minimum absolute atomic E-state index is 0.286. The Morgan fingerprint density at radius 1 is 1.42 bits per heavy atom. The lowest BCUT2D eigenvalue weighted by Gasteiger charge is -2.37. The Morgan fingerprint density at radius 3 is 3.08 bits per heavy atom. The number of carbonyl (C=O) groups is 1. The largest absolute Gasteiger partial charge is 0.342 e. The van der Waals surface area contributed by atoms with E-state index < -0.39 is 0 Å². The van der Waals surface area contributed by atoms with Gasteiger partial charge in [0.25, 0.3) is 0 Å². The van der Waals surface area contributed by atoms with Crippen LogP contribution in [0.4, 0.5) is 0 Å². The quantitative estimate of drug-likeness (QED) is 0.853. The molecule has 2 aliphatic rings. The first-order valence-electron chi connectivity index (χ1n) is 8.70. The molecule has 0 unspecified atom stereocenters. The molecule has 0 aromatic carbocycles. The lowest BCUT2D eigenvalue weighted by Crippen LogP contribution is -2.48. The van der Waals surface area contributed by atoms with Crippen molar-refractivity contribution in [2.75, 3.05) is 20.1 Å². The van der Waals surface area contributed by atoms with Gasteiger partial charge >= 0.3 is 0 Å². The van der Waals surface area contributed by atoms with Gasteiger partial charge in [-0.05, 0) is 43.3 Å². The van der Waals surface area contributed by atoms with Crippen LogP contribution in [0.5, 0.6) is 0 Å². The first kappa shape index (κ1) is 15.8. The van der Waals surface area contributed by atoms with E-state index in [1.807, 2.05) is 34.6 Å². The van der Waals surface area contributed by atoms with Crippen LogP contribution in [0, 0.1) is 5.92 Å². The smallest absolute Gasteiger partial charge is 0.227 e. The van der Waals surface area contributed by atoms with Crippen molar-refractivity contribution in [1.29, 1.82) is 0 Å². The van der Waals surface area contributed by atoms with Crippen LogP contribution in [0.3, 0.4) is 0 Å². The Hall–Kier alpha value is -1.66. The van der Waals surface area contributed by atoms with Gasteiger partial charge in [-0.2, -0.15) is 5.10 Å². The van der Waals surface area contributed by atoms with E-state index in [2.05, 4.69) is 28.0 Å². The average molecular weight is 344 g/mol. The minimum atomic E-state index is 0.286. The van der Waals surface area contributed by atoms with Gasteiger partial charge in [-0.1, -0.05) is 6.07 Å². The fraction of sp³-hybridized carbons (Fsp3) is 0.556. The number of hydrogen-bond acceptors (Lipinski definition) is 4. The molecule has 0 radical (unpaired) electrons. The molecule has 2 aromatic rings. The maximum absolute atomic E-state index is 12.6. The molecule has 24 heavy (non-hydrogen) atoms. The molecule has 2 aliphatic heterocycles. The van der Waals surface area contributed by atoms with E-state index in [0.29, 0.717) is 24.4 Å². The van der Waals surface area contributed by atoms with Crippen LogP contribution >= 0.6 is 11.3 Å². The second kappa shape index (κ2) is 6.69. The average Bonchev–Trinajstić information content (AvgIpc) is 3.31. The molecule has 128 valence electrons. The maximum atomic E-state index is 12.6. The van der Waals surface area contributed by atoms with E-state index in [-0.39, 0.29) is 5.91 Å². The monoisotopic (exact) mass is 344 g/mol. The van der Waals surface area contributed by atoms with E-state index in [1.54, 1.807) is 11.3 Å². The van der Waals surface area contributed by atoms with Crippen molar-refractivity contribution in [3.05, 3.63) is 40.8 Å². The topological polar surface area (TPSA) is 41.4 Å². The first-order chi connectivity index (χ1) is 11.7. The van der Waals surface area contributed by atoms with Crippen LogP contribution in [-0.2, 0) is 17.8 Å². The fourth-order valence-electron chi connectivity index (χ4n) is 4.30. The summed E-state index contributed by atoms with van der Waals surface area (Å²) in [6, 6.07) is 7.18. The fourth-order valence-corrected chi connectivity index (χ4v) is 5.00. The molecule has 2 aromatic heterocycles. The maximum Gasteiger partial charge on any atom is 0.227 e.